The first-order valence-electron chi connectivity index (χ1n) is 6.51. The second-order valence-electron chi connectivity index (χ2n) is 4.53. The standard InChI is InChI=1S/C15H18N2O3/c1-3-4-5-6-10-16-15(18)12(2)13-8-7-9-14(11-13)17(19)20/h1,7-9,11-12H,4-6,10H2,2H3,(H,16,18). The zero-order chi connectivity index (χ0) is 15.0. The number of non-ortho nitro benzene ring substituents is 1. The number of nitrogens with zero attached hydrogens (tertiary/aromatic N) is 1. The minimum absolute atomic E-state index is 0.00355. The molecule has 1 rings (SSSR count). The molecule has 5 heteroatoms. The Labute approximate surface area is 118 Å². The number of amides is 1. The molecule has 0 aromatic heterocycles. The van der Waals surface area contributed by atoms with Crippen molar-refractivity contribution in [2.24, 2.45) is 0 Å². The molecule has 0 bridgehead atoms. The van der Waals surface area contributed by atoms with E-state index in [0.29, 0.717) is 18.5 Å². The molecule has 106 valence electrons. The molecule has 0 aliphatic rings. The smallest absolute Gasteiger partial charge is 0.269 e. The molecular weight excluding hydrogens is 256 g/mol. The Morgan fingerprint density at radius 3 is 2.90 bits per heavy atom. The van der Waals surface area contributed by atoms with Crippen LogP contribution in [-0.2, 0) is 4.79 Å². The van der Waals surface area contributed by atoms with Gasteiger partial charge in [0, 0.05) is 25.1 Å². The quantitative estimate of drug-likeness (QED) is 0.359. The highest BCUT2D eigenvalue weighted by Gasteiger charge is 2.17. The predicted octanol–water partition coefficient (Wildman–Crippen LogP) is 2.62. The van der Waals surface area contributed by atoms with E-state index in [1.807, 2.05) is 0 Å². The summed E-state index contributed by atoms with van der Waals surface area (Å²) in [5.41, 5.74) is 0.636. The van der Waals surface area contributed by atoms with Crippen LogP contribution in [0.15, 0.2) is 24.3 Å². The Hall–Kier alpha value is -2.35. The molecule has 1 N–H and O–H groups in total. The molecule has 0 saturated carbocycles. The fourth-order valence-corrected chi connectivity index (χ4v) is 1.78. The van der Waals surface area contributed by atoms with Crippen molar-refractivity contribution in [1.29, 1.82) is 0 Å². The number of hydrogen-bond donors (Lipinski definition) is 1. The van der Waals surface area contributed by atoms with Gasteiger partial charge in [-0.3, -0.25) is 14.9 Å². The van der Waals surface area contributed by atoms with Crippen LogP contribution in [0.25, 0.3) is 0 Å². The molecule has 1 aromatic rings. The van der Waals surface area contributed by atoms with E-state index in [2.05, 4.69) is 11.2 Å². The third-order valence-corrected chi connectivity index (χ3v) is 3.02. The largest absolute Gasteiger partial charge is 0.356 e. The van der Waals surface area contributed by atoms with Crippen molar-refractivity contribution in [3.8, 4) is 12.3 Å². The summed E-state index contributed by atoms with van der Waals surface area (Å²) in [6, 6.07) is 6.15. The lowest BCUT2D eigenvalue weighted by molar-refractivity contribution is -0.384. The highest BCUT2D eigenvalue weighted by molar-refractivity contribution is 5.83. The first kappa shape index (κ1) is 15.7. The Morgan fingerprint density at radius 1 is 1.50 bits per heavy atom. The van der Waals surface area contributed by atoms with Gasteiger partial charge in [0.05, 0.1) is 10.8 Å². The second-order valence-corrected chi connectivity index (χ2v) is 4.53. The number of unbranched alkanes of at least 4 members (excludes halogenated alkanes) is 2. The molecule has 1 aromatic carbocycles. The minimum atomic E-state index is -0.464. The van der Waals surface area contributed by atoms with Crippen LogP contribution in [0.1, 0.15) is 37.7 Å². The lowest BCUT2D eigenvalue weighted by atomic mass is 10.00. The summed E-state index contributed by atoms with van der Waals surface area (Å²) in [6.07, 6.45) is 7.55. The molecule has 1 unspecified atom stereocenters. The van der Waals surface area contributed by atoms with Gasteiger partial charge in [0.2, 0.25) is 5.91 Å². The van der Waals surface area contributed by atoms with E-state index in [1.165, 1.54) is 12.1 Å². The predicted molar refractivity (Wildman–Crippen MR) is 77.2 cm³/mol. The van der Waals surface area contributed by atoms with Gasteiger partial charge in [0.1, 0.15) is 0 Å². The third kappa shape index (κ3) is 4.73. The van der Waals surface area contributed by atoms with Crippen molar-refractivity contribution in [1.82, 2.24) is 5.32 Å². The van der Waals surface area contributed by atoms with Gasteiger partial charge in [0.25, 0.3) is 5.69 Å². The van der Waals surface area contributed by atoms with Gasteiger partial charge in [-0.2, -0.15) is 0 Å². The Bertz CT molecular complexity index is 520. The Balaban J connectivity index is 2.54. The average molecular weight is 274 g/mol. The van der Waals surface area contributed by atoms with E-state index >= 15 is 0 Å². The summed E-state index contributed by atoms with van der Waals surface area (Å²) in [5.74, 6) is 2.00. The summed E-state index contributed by atoms with van der Waals surface area (Å²) < 4.78 is 0. The number of hydrogen-bond acceptors (Lipinski definition) is 3. The van der Waals surface area contributed by atoms with Gasteiger partial charge >= 0.3 is 0 Å². The Morgan fingerprint density at radius 2 is 2.25 bits per heavy atom. The zero-order valence-corrected chi connectivity index (χ0v) is 11.5. The maximum absolute atomic E-state index is 11.9. The van der Waals surface area contributed by atoms with Crippen LogP contribution in [0.3, 0.4) is 0 Å². The molecule has 0 aliphatic heterocycles. The maximum atomic E-state index is 11.9. The van der Waals surface area contributed by atoms with Crippen molar-refractivity contribution in [2.75, 3.05) is 6.54 Å². The van der Waals surface area contributed by atoms with Crippen molar-refractivity contribution < 1.29 is 9.72 Å². The van der Waals surface area contributed by atoms with Gasteiger partial charge in [-0.05, 0) is 25.3 Å². The van der Waals surface area contributed by atoms with E-state index in [1.54, 1.807) is 19.1 Å². The maximum Gasteiger partial charge on any atom is 0.269 e. The van der Waals surface area contributed by atoms with Crippen molar-refractivity contribution in [3.05, 3.63) is 39.9 Å². The van der Waals surface area contributed by atoms with Gasteiger partial charge in [-0.15, -0.1) is 12.3 Å². The van der Waals surface area contributed by atoms with Crippen molar-refractivity contribution >= 4 is 11.6 Å². The molecule has 0 radical (unpaired) electrons. The molecule has 0 spiro atoms. The molecule has 1 amide bonds. The molecule has 0 fully saturated rings. The summed E-state index contributed by atoms with van der Waals surface area (Å²) in [7, 11) is 0. The van der Waals surface area contributed by atoms with Gasteiger partial charge in [-0.1, -0.05) is 12.1 Å². The molecule has 5 nitrogen and oxygen atoms in total. The summed E-state index contributed by atoms with van der Waals surface area (Å²) in [4.78, 5) is 22.2. The van der Waals surface area contributed by atoms with Crippen LogP contribution in [0.5, 0.6) is 0 Å². The molecule has 0 saturated heterocycles. The van der Waals surface area contributed by atoms with Crippen LogP contribution in [0, 0.1) is 22.5 Å². The third-order valence-electron chi connectivity index (χ3n) is 3.02. The number of nitrogens with one attached hydrogen (secondary N) is 1. The molecular formula is C15H18N2O3. The number of benzene rings is 1. The fraction of sp³-hybridized carbons (Fsp3) is 0.400. The van der Waals surface area contributed by atoms with Crippen molar-refractivity contribution in [3.63, 3.8) is 0 Å². The first-order chi connectivity index (χ1) is 9.56. The van der Waals surface area contributed by atoms with E-state index < -0.39 is 10.8 Å². The van der Waals surface area contributed by atoms with E-state index in [9.17, 15) is 14.9 Å². The van der Waals surface area contributed by atoms with Crippen LogP contribution in [0.4, 0.5) is 5.69 Å². The van der Waals surface area contributed by atoms with Crippen LogP contribution in [0.2, 0.25) is 0 Å². The number of nitro benzene ring substituents is 1. The van der Waals surface area contributed by atoms with Crippen LogP contribution in [-0.4, -0.2) is 17.4 Å². The lowest BCUT2D eigenvalue weighted by Crippen LogP contribution is -2.28. The molecule has 0 aliphatic carbocycles. The van der Waals surface area contributed by atoms with E-state index in [0.717, 1.165) is 12.8 Å². The summed E-state index contributed by atoms with van der Waals surface area (Å²) >= 11 is 0. The Kier molecular flexibility index (Phi) is 6.24. The van der Waals surface area contributed by atoms with Gasteiger partial charge < -0.3 is 5.32 Å². The zero-order valence-electron chi connectivity index (χ0n) is 11.5. The number of nitro groups is 1. The van der Waals surface area contributed by atoms with Crippen molar-refractivity contribution in [2.45, 2.75) is 32.1 Å². The van der Waals surface area contributed by atoms with Crippen LogP contribution >= 0.6 is 0 Å². The lowest BCUT2D eigenvalue weighted by Gasteiger charge is -2.12. The monoisotopic (exact) mass is 274 g/mol. The summed E-state index contributed by atoms with van der Waals surface area (Å²) in [5, 5.41) is 13.5. The first-order valence-corrected chi connectivity index (χ1v) is 6.51. The number of carbonyl (C=O) groups is 1. The fourth-order valence-electron chi connectivity index (χ4n) is 1.78. The van der Waals surface area contributed by atoms with E-state index in [4.69, 9.17) is 6.42 Å². The van der Waals surface area contributed by atoms with Gasteiger partial charge in [0.15, 0.2) is 0 Å². The molecule has 1 atom stereocenters. The highest BCUT2D eigenvalue weighted by atomic mass is 16.6. The minimum Gasteiger partial charge on any atom is -0.356 e. The normalized spacial score (nSPS) is 11.4. The second kappa shape index (κ2) is 7.95. The van der Waals surface area contributed by atoms with Crippen LogP contribution < -0.4 is 5.32 Å². The average Bonchev–Trinajstić information content (AvgIpc) is 2.46. The van der Waals surface area contributed by atoms with Gasteiger partial charge in [-0.25, -0.2) is 0 Å². The topological polar surface area (TPSA) is 72.2 Å². The number of carbonyl (C=O) groups excluding carboxylic acids is 1. The SMILES string of the molecule is C#CCCCCNC(=O)C(C)c1cccc([N+](=O)[O-])c1. The molecule has 0 heterocycles. The highest BCUT2D eigenvalue weighted by Crippen LogP contribution is 2.20. The van der Waals surface area contributed by atoms with E-state index in [-0.39, 0.29) is 11.6 Å². The number of terminal acetylenes is 1. The summed E-state index contributed by atoms with van der Waals surface area (Å²) in [6.45, 7) is 2.30. The number of rotatable bonds is 7. The molecule has 20 heavy (non-hydrogen) atoms.